The lowest BCUT2D eigenvalue weighted by Crippen LogP contribution is -2.51. The van der Waals surface area contributed by atoms with Gasteiger partial charge in [0, 0.05) is 38.7 Å². The van der Waals surface area contributed by atoms with Gasteiger partial charge in [0.15, 0.2) is 0 Å². The Labute approximate surface area is 96.3 Å². The summed E-state index contributed by atoms with van der Waals surface area (Å²) in [7, 11) is 0. The lowest BCUT2D eigenvalue weighted by molar-refractivity contribution is -0.149. The van der Waals surface area contributed by atoms with Crippen molar-refractivity contribution in [2.24, 2.45) is 11.3 Å². The summed E-state index contributed by atoms with van der Waals surface area (Å²) < 4.78 is 5.51. The van der Waals surface area contributed by atoms with E-state index in [1.54, 1.807) is 0 Å². The van der Waals surface area contributed by atoms with Crippen LogP contribution in [0.3, 0.4) is 0 Å². The van der Waals surface area contributed by atoms with Crippen molar-refractivity contribution >= 4 is 5.91 Å². The van der Waals surface area contributed by atoms with Crippen LogP contribution in [0.25, 0.3) is 0 Å². The van der Waals surface area contributed by atoms with E-state index in [0.717, 1.165) is 45.8 Å². The molecule has 3 aliphatic heterocycles. The van der Waals surface area contributed by atoms with Crippen molar-refractivity contribution < 1.29 is 9.53 Å². The molecule has 0 radical (unpaired) electrons. The first kappa shape index (κ1) is 10.5. The summed E-state index contributed by atoms with van der Waals surface area (Å²) in [6, 6.07) is 0. The van der Waals surface area contributed by atoms with Gasteiger partial charge in [0.2, 0.25) is 5.91 Å². The molecule has 0 spiro atoms. The van der Waals surface area contributed by atoms with Crippen LogP contribution >= 0.6 is 0 Å². The summed E-state index contributed by atoms with van der Waals surface area (Å²) in [6.45, 7) is 5.24. The predicted octanol–water partition coefficient (Wildman–Crippen LogP) is 0.235. The van der Waals surface area contributed by atoms with Gasteiger partial charge in [-0.1, -0.05) is 0 Å². The largest absolute Gasteiger partial charge is 0.381 e. The molecule has 4 heteroatoms. The van der Waals surface area contributed by atoms with Crippen LogP contribution in [-0.4, -0.2) is 50.2 Å². The predicted molar refractivity (Wildman–Crippen MR) is 60.0 cm³/mol. The van der Waals surface area contributed by atoms with Crippen LogP contribution in [0.2, 0.25) is 0 Å². The zero-order valence-corrected chi connectivity index (χ0v) is 9.71. The third-order valence-electron chi connectivity index (χ3n) is 4.44. The van der Waals surface area contributed by atoms with Crippen LogP contribution in [0.1, 0.15) is 19.3 Å². The van der Waals surface area contributed by atoms with Crippen molar-refractivity contribution in [1.82, 2.24) is 10.2 Å². The Hall–Kier alpha value is -0.610. The van der Waals surface area contributed by atoms with E-state index >= 15 is 0 Å². The number of rotatable bonds is 1. The molecular formula is C12H20N2O2. The minimum atomic E-state index is -0.136. The molecule has 3 rings (SSSR count). The first-order valence-electron chi connectivity index (χ1n) is 6.41. The van der Waals surface area contributed by atoms with E-state index in [1.165, 1.54) is 12.8 Å². The first-order valence-corrected chi connectivity index (χ1v) is 6.41. The maximum Gasteiger partial charge on any atom is 0.230 e. The minimum absolute atomic E-state index is 0.136. The summed E-state index contributed by atoms with van der Waals surface area (Å²) in [6.07, 6.45) is 3.26. The van der Waals surface area contributed by atoms with E-state index in [0.29, 0.717) is 11.8 Å². The Kier molecular flexibility index (Phi) is 2.64. The third kappa shape index (κ3) is 1.47. The highest BCUT2D eigenvalue weighted by molar-refractivity contribution is 5.84. The second-order valence-electron chi connectivity index (χ2n) is 5.31. The monoisotopic (exact) mass is 224 g/mol. The Bertz CT molecular complexity index is 289. The molecule has 0 saturated carbocycles. The molecular weight excluding hydrogens is 204 g/mol. The third-order valence-corrected chi connectivity index (χ3v) is 4.44. The van der Waals surface area contributed by atoms with Crippen LogP contribution < -0.4 is 5.32 Å². The number of amides is 1. The summed E-state index contributed by atoms with van der Waals surface area (Å²) in [4.78, 5) is 14.7. The zero-order chi connectivity index (χ0) is 11.0. The van der Waals surface area contributed by atoms with Crippen LogP contribution in [0.15, 0.2) is 0 Å². The van der Waals surface area contributed by atoms with Gasteiger partial charge in [0.25, 0.3) is 0 Å². The molecule has 0 bridgehead atoms. The minimum Gasteiger partial charge on any atom is -0.381 e. The molecule has 2 unspecified atom stereocenters. The van der Waals surface area contributed by atoms with E-state index in [2.05, 4.69) is 10.2 Å². The highest BCUT2D eigenvalue weighted by atomic mass is 16.5. The van der Waals surface area contributed by atoms with Crippen molar-refractivity contribution in [3.8, 4) is 0 Å². The maximum atomic E-state index is 12.6. The number of hydrogen-bond donors (Lipinski definition) is 1. The Morgan fingerprint density at radius 3 is 3.00 bits per heavy atom. The Balaban J connectivity index is 1.81. The van der Waals surface area contributed by atoms with Gasteiger partial charge in [-0.15, -0.1) is 0 Å². The SMILES string of the molecule is O=C(N1CCCC1)C12CCOCC1CNC2. The van der Waals surface area contributed by atoms with Gasteiger partial charge in [0.1, 0.15) is 0 Å². The van der Waals surface area contributed by atoms with Crippen molar-refractivity contribution in [2.75, 3.05) is 39.4 Å². The molecule has 0 aromatic rings. The number of carbonyl (C=O) groups excluding carboxylic acids is 1. The van der Waals surface area contributed by atoms with Gasteiger partial charge in [-0.3, -0.25) is 4.79 Å². The second kappa shape index (κ2) is 4.00. The number of hydrogen-bond acceptors (Lipinski definition) is 3. The molecule has 4 nitrogen and oxygen atoms in total. The number of nitrogens with zero attached hydrogens (tertiary/aromatic N) is 1. The molecule has 1 N–H and O–H groups in total. The van der Waals surface area contributed by atoms with E-state index < -0.39 is 0 Å². The van der Waals surface area contributed by atoms with Crippen molar-refractivity contribution in [2.45, 2.75) is 19.3 Å². The maximum absolute atomic E-state index is 12.6. The normalized spacial score (nSPS) is 38.8. The molecule has 3 heterocycles. The van der Waals surface area contributed by atoms with Crippen molar-refractivity contribution in [3.63, 3.8) is 0 Å². The van der Waals surface area contributed by atoms with Crippen molar-refractivity contribution in [3.05, 3.63) is 0 Å². The summed E-state index contributed by atoms with van der Waals surface area (Å²) in [5.41, 5.74) is -0.136. The molecule has 3 saturated heterocycles. The van der Waals surface area contributed by atoms with Gasteiger partial charge in [-0.25, -0.2) is 0 Å². The van der Waals surface area contributed by atoms with Gasteiger partial charge in [-0.2, -0.15) is 0 Å². The topological polar surface area (TPSA) is 41.6 Å². The lowest BCUT2D eigenvalue weighted by Gasteiger charge is -2.39. The van der Waals surface area contributed by atoms with Gasteiger partial charge in [0.05, 0.1) is 12.0 Å². The average molecular weight is 224 g/mol. The van der Waals surface area contributed by atoms with Crippen LogP contribution in [0.5, 0.6) is 0 Å². The molecule has 16 heavy (non-hydrogen) atoms. The quantitative estimate of drug-likeness (QED) is 0.693. The fraction of sp³-hybridized carbons (Fsp3) is 0.917. The fourth-order valence-electron chi connectivity index (χ4n) is 3.39. The smallest absolute Gasteiger partial charge is 0.230 e. The molecule has 3 aliphatic rings. The number of ether oxygens (including phenoxy) is 1. The van der Waals surface area contributed by atoms with E-state index in [4.69, 9.17) is 4.74 Å². The molecule has 2 atom stereocenters. The highest BCUT2D eigenvalue weighted by Crippen LogP contribution is 2.40. The summed E-state index contributed by atoms with van der Waals surface area (Å²) in [5, 5.41) is 3.38. The molecule has 90 valence electrons. The van der Waals surface area contributed by atoms with E-state index in [9.17, 15) is 4.79 Å². The van der Waals surface area contributed by atoms with Crippen LogP contribution in [0, 0.1) is 11.3 Å². The van der Waals surface area contributed by atoms with Crippen LogP contribution in [-0.2, 0) is 9.53 Å². The second-order valence-corrected chi connectivity index (χ2v) is 5.31. The standard InChI is InChI=1S/C12H20N2O2/c15-11(14-4-1-2-5-14)12-3-6-16-8-10(12)7-13-9-12/h10,13H,1-9H2. The number of fused-ring (bicyclic) bond motifs is 1. The lowest BCUT2D eigenvalue weighted by atomic mass is 9.73. The van der Waals surface area contributed by atoms with Gasteiger partial charge < -0.3 is 15.0 Å². The zero-order valence-electron chi connectivity index (χ0n) is 9.71. The number of carbonyl (C=O) groups is 1. The molecule has 0 aliphatic carbocycles. The average Bonchev–Trinajstić information content (AvgIpc) is 2.98. The Morgan fingerprint density at radius 2 is 2.19 bits per heavy atom. The number of likely N-dealkylation sites (tertiary alicyclic amines) is 1. The van der Waals surface area contributed by atoms with Gasteiger partial charge in [-0.05, 0) is 19.3 Å². The number of nitrogens with one attached hydrogen (secondary N) is 1. The van der Waals surface area contributed by atoms with E-state index in [1.807, 2.05) is 0 Å². The molecule has 1 amide bonds. The first-order chi connectivity index (χ1) is 7.83. The Morgan fingerprint density at radius 1 is 1.38 bits per heavy atom. The summed E-state index contributed by atoms with van der Waals surface area (Å²) in [5.74, 6) is 0.789. The molecule has 0 aromatic carbocycles. The fourth-order valence-corrected chi connectivity index (χ4v) is 3.39. The molecule has 0 aromatic heterocycles. The van der Waals surface area contributed by atoms with Gasteiger partial charge >= 0.3 is 0 Å². The molecule has 3 fully saturated rings. The van der Waals surface area contributed by atoms with Crippen molar-refractivity contribution in [1.29, 1.82) is 0 Å². The highest BCUT2D eigenvalue weighted by Gasteiger charge is 2.52. The summed E-state index contributed by atoms with van der Waals surface area (Å²) >= 11 is 0. The van der Waals surface area contributed by atoms with E-state index in [-0.39, 0.29) is 5.41 Å². The van der Waals surface area contributed by atoms with Crippen LogP contribution in [0.4, 0.5) is 0 Å².